The minimum absolute atomic E-state index is 0.127. The molecule has 2 atom stereocenters. The number of likely N-dealkylation sites (tertiary alicyclic amines) is 1. The molecule has 1 fully saturated rings. The van der Waals surface area contributed by atoms with E-state index in [9.17, 15) is 14.4 Å². The molecule has 3 heterocycles. The van der Waals surface area contributed by atoms with Crippen LogP contribution < -0.4 is 5.32 Å². The van der Waals surface area contributed by atoms with E-state index < -0.39 is 0 Å². The summed E-state index contributed by atoms with van der Waals surface area (Å²) >= 11 is 0. The van der Waals surface area contributed by atoms with E-state index in [1.807, 2.05) is 55.7 Å². The van der Waals surface area contributed by atoms with E-state index in [1.165, 1.54) is 0 Å². The Morgan fingerprint density at radius 1 is 1.17 bits per heavy atom. The van der Waals surface area contributed by atoms with Gasteiger partial charge in [-0.15, -0.1) is 0 Å². The topological polar surface area (TPSA) is 89.9 Å². The molecule has 8 nitrogen and oxygen atoms in total. The lowest BCUT2D eigenvalue weighted by Crippen LogP contribution is -2.38. The van der Waals surface area contributed by atoms with Gasteiger partial charge in [-0.05, 0) is 44.7 Å². The van der Waals surface area contributed by atoms with Gasteiger partial charge in [0.15, 0.2) is 0 Å². The van der Waals surface area contributed by atoms with E-state index in [-0.39, 0.29) is 49.0 Å². The zero-order valence-electron chi connectivity index (χ0n) is 20.8. The van der Waals surface area contributed by atoms with E-state index in [1.54, 1.807) is 11.0 Å². The Bertz CT molecular complexity index is 1060. The molecule has 1 N–H and O–H groups in total. The van der Waals surface area contributed by atoms with Gasteiger partial charge in [0.05, 0.1) is 43.0 Å². The lowest BCUT2D eigenvalue weighted by atomic mass is 10.0. The second-order valence-electron chi connectivity index (χ2n) is 9.48. The van der Waals surface area contributed by atoms with Gasteiger partial charge in [-0.1, -0.05) is 37.3 Å². The van der Waals surface area contributed by atoms with Crippen LogP contribution in [0.3, 0.4) is 0 Å². The fourth-order valence-corrected chi connectivity index (χ4v) is 5.01. The predicted octanol–water partition coefficient (Wildman–Crippen LogP) is 3.85. The van der Waals surface area contributed by atoms with Gasteiger partial charge in [0.2, 0.25) is 0 Å². The maximum atomic E-state index is 13.6. The summed E-state index contributed by atoms with van der Waals surface area (Å²) in [5.41, 5.74) is 2.70. The summed E-state index contributed by atoms with van der Waals surface area (Å²) in [5, 5.41) is 3.13. The number of carbonyl (C=O) groups is 3. The number of ether oxygens (including phenoxy) is 2. The normalized spacial score (nSPS) is 18.3. The van der Waals surface area contributed by atoms with Crippen molar-refractivity contribution in [3.63, 3.8) is 0 Å². The molecule has 0 bridgehead atoms. The highest BCUT2D eigenvalue weighted by atomic mass is 16.5. The molecule has 0 aliphatic carbocycles. The number of carbonyl (C=O) groups excluding carboxylic acids is 3. The van der Waals surface area contributed by atoms with Crippen molar-refractivity contribution >= 4 is 17.8 Å². The van der Waals surface area contributed by atoms with Crippen molar-refractivity contribution in [2.24, 2.45) is 0 Å². The van der Waals surface area contributed by atoms with Crippen molar-refractivity contribution in [3.05, 3.63) is 58.9 Å². The van der Waals surface area contributed by atoms with Gasteiger partial charge in [0, 0.05) is 19.1 Å². The van der Waals surface area contributed by atoms with Crippen molar-refractivity contribution in [2.75, 3.05) is 13.2 Å². The van der Waals surface area contributed by atoms with Gasteiger partial charge in [-0.2, -0.15) is 0 Å². The zero-order valence-corrected chi connectivity index (χ0v) is 20.8. The molecule has 0 spiro atoms. The first kappa shape index (κ1) is 25.0. The van der Waals surface area contributed by atoms with Crippen LogP contribution in [0, 0.1) is 0 Å². The molecule has 35 heavy (non-hydrogen) atoms. The molecular formula is C27H35N3O5. The molecule has 2 amide bonds. The Labute approximate surface area is 206 Å². The highest BCUT2D eigenvalue weighted by Crippen LogP contribution is 2.28. The molecule has 1 aromatic heterocycles. The second kappa shape index (κ2) is 11.1. The first-order valence-electron chi connectivity index (χ1n) is 12.6. The number of rotatable bonds is 8. The van der Waals surface area contributed by atoms with Crippen LogP contribution in [-0.2, 0) is 27.4 Å². The average molecular weight is 482 g/mol. The molecule has 1 aromatic carbocycles. The SMILES string of the molecule is CC[C@@H](NC(=O)c1cc(C(=O)N2CCC[C@@H]2CC(=O)OC(C)C)n2c1COCC2)c1ccccc1. The Balaban J connectivity index is 1.56. The number of benzene rings is 1. The van der Waals surface area contributed by atoms with Crippen LogP contribution in [0.25, 0.3) is 0 Å². The third-order valence-corrected chi connectivity index (χ3v) is 6.69. The first-order chi connectivity index (χ1) is 16.9. The smallest absolute Gasteiger partial charge is 0.308 e. The highest BCUT2D eigenvalue weighted by Gasteiger charge is 2.35. The molecule has 1 saturated heterocycles. The minimum atomic E-state index is -0.290. The van der Waals surface area contributed by atoms with E-state index >= 15 is 0 Å². The van der Waals surface area contributed by atoms with Gasteiger partial charge >= 0.3 is 5.97 Å². The third-order valence-electron chi connectivity index (χ3n) is 6.69. The maximum Gasteiger partial charge on any atom is 0.308 e. The van der Waals surface area contributed by atoms with Gasteiger partial charge in [-0.25, -0.2) is 0 Å². The van der Waals surface area contributed by atoms with E-state index in [0.717, 1.165) is 30.5 Å². The summed E-state index contributed by atoms with van der Waals surface area (Å²) in [5.74, 6) is -0.656. The molecule has 4 rings (SSSR count). The highest BCUT2D eigenvalue weighted by molar-refractivity contribution is 6.01. The zero-order chi connectivity index (χ0) is 24.9. The molecule has 2 aromatic rings. The molecule has 0 saturated carbocycles. The molecule has 0 radical (unpaired) electrons. The fourth-order valence-electron chi connectivity index (χ4n) is 5.01. The van der Waals surface area contributed by atoms with Crippen LogP contribution in [0.2, 0.25) is 0 Å². The number of aromatic nitrogens is 1. The predicted molar refractivity (Wildman–Crippen MR) is 131 cm³/mol. The van der Waals surface area contributed by atoms with Crippen LogP contribution in [0.5, 0.6) is 0 Å². The summed E-state index contributed by atoms with van der Waals surface area (Å²) < 4.78 is 12.9. The summed E-state index contributed by atoms with van der Waals surface area (Å²) in [6.45, 7) is 7.52. The third kappa shape index (κ3) is 5.59. The van der Waals surface area contributed by atoms with Crippen molar-refractivity contribution in [1.82, 2.24) is 14.8 Å². The van der Waals surface area contributed by atoms with E-state index in [2.05, 4.69) is 5.32 Å². The van der Waals surface area contributed by atoms with Crippen molar-refractivity contribution in [3.8, 4) is 0 Å². The molecular weight excluding hydrogens is 446 g/mol. The Kier molecular flexibility index (Phi) is 7.90. The monoisotopic (exact) mass is 481 g/mol. The van der Waals surface area contributed by atoms with Crippen LogP contribution in [0.1, 0.15) is 84.6 Å². The van der Waals surface area contributed by atoms with E-state index in [4.69, 9.17) is 9.47 Å². The first-order valence-corrected chi connectivity index (χ1v) is 12.6. The number of fused-ring (bicyclic) bond motifs is 1. The standard InChI is InChI=1S/C27H35N3O5/c1-4-22(19-9-6-5-7-10-19)28-26(32)21-16-23(30-13-14-34-17-24(21)30)27(33)29-12-8-11-20(29)15-25(31)35-18(2)3/h5-7,9-10,16,18,20,22H,4,8,11-15,17H2,1-3H3,(H,28,32)/t20-,22-/m1/s1. The number of nitrogens with one attached hydrogen (secondary N) is 1. The lowest BCUT2D eigenvalue weighted by molar-refractivity contribution is -0.148. The summed E-state index contributed by atoms with van der Waals surface area (Å²) in [7, 11) is 0. The molecule has 0 unspecified atom stereocenters. The second-order valence-corrected chi connectivity index (χ2v) is 9.48. The Morgan fingerprint density at radius 2 is 1.94 bits per heavy atom. The van der Waals surface area contributed by atoms with Crippen molar-refractivity contribution < 1.29 is 23.9 Å². The largest absolute Gasteiger partial charge is 0.463 e. The number of esters is 1. The summed E-state index contributed by atoms with van der Waals surface area (Å²) in [4.78, 5) is 41.0. The molecule has 2 aliphatic heterocycles. The van der Waals surface area contributed by atoms with Gasteiger partial charge in [0.1, 0.15) is 5.69 Å². The van der Waals surface area contributed by atoms with Crippen molar-refractivity contribution in [2.45, 2.75) is 77.8 Å². The van der Waals surface area contributed by atoms with Gasteiger partial charge < -0.3 is 24.3 Å². The fraction of sp³-hybridized carbons (Fsp3) is 0.519. The van der Waals surface area contributed by atoms with Crippen LogP contribution in [0.15, 0.2) is 36.4 Å². The molecule has 2 aliphatic rings. The quantitative estimate of drug-likeness (QED) is 0.579. The number of hydrogen-bond acceptors (Lipinski definition) is 5. The van der Waals surface area contributed by atoms with Crippen LogP contribution in [0.4, 0.5) is 0 Å². The summed E-state index contributed by atoms with van der Waals surface area (Å²) in [6, 6.07) is 11.2. The van der Waals surface area contributed by atoms with E-state index in [0.29, 0.717) is 31.0 Å². The minimum Gasteiger partial charge on any atom is -0.463 e. The number of amides is 2. The number of hydrogen-bond donors (Lipinski definition) is 1. The van der Waals surface area contributed by atoms with Crippen molar-refractivity contribution in [1.29, 1.82) is 0 Å². The molecule has 8 heteroatoms. The van der Waals surface area contributed by atoms with Crippen LogP contribution in [-0.4, -0.2) is 52.5 Å². The summed E-state index contributed by atoms with van der Waals surface area (Å²) in [6.07, 6.45) is 2.34. The van der Waals surface area contributed by atoms with Gasteiger partial charge in [-0.3, -0.25) is 14.4 Å². The molecule has 188 valence electrons. The number of nitrogens with zero attached hydrogens (tertiary/aromatic N) is 2. The van der Waals surface area contributed by atoms with Crippen LogP contribution >= 0.6 is 0 Å². The Hall–Kier alpha value is -3.13. The lowest BCUT2D eigenvalue weighted by Gasteiger charge is -2.26. The maximum absolute atomic E-state index is 13.6. The average Bonchev–Trinajstić information content (AvgIpc) is 3.47. The van der Waals surface area contributed by atoms with Gasteiger partial charge in [0.25, 0.3) is 11.8 Å². The Morgan fingerprint density at radius 3 is 2.66 bits per heavy atom.